The van der Waals surface area contributed by atoms with E-state index in [4.69, 9.17) is 14.5 Å². The van der Waals surface area contributed by atoms with Crippen molar-refractivity contribution in [1.82, 2.24) is 20.2 Å². The quantitative estimate of drug-likeness (QED) is 0.139. The number of rotatable bonds is 13. The first-order valence-electron chi connectivity index (χ1n) is 15.1. The molecule has 0 aliphatic carbocycles. The monoisotopic (exact) mass is 580 g/mol. The van der Waals surface area contributed by atoms with Crippen molar-refractivity contribution in [3.63, 3.8) is 0 Å². The number of pyridine rings is 2. The van der Waals surface area contributed by atoms with E-state index in [0.29, 0.717) is 24.6 Å². The highest BCUT2D eigenvalue weighted by molar-refractivity contribution is 6.07. The molecule has 1 atom stereocenters. The van der Waals surface area contributed by atoms with Gasteiger partial charge in [-0.15, -0.1) is 0 Å². The predicted molar refractivity (Wildman–Crippen MR) is 167 cm³/mol. The Kier molecular flexibility index (Phi) is 9.24. The molecule has 0 bridgehead atoms. The average molecular weight is 581 g/mol. The third-order valence-corrected chi connectivity index (χ3v) is 7.83. The summed E-state index contributed by atoms with van der Waals surface area (Å²) in [5.41, 5.74) is 3.86. The third kappa shape index (κ3) is 6.79. The third-order valence-electron chi connectivity index (χ3n) is 7.83. The molecule has 0 spiro atoms. The molecule has 224 valence electrons. The molecule has 1 N–H and O–H groups in total. The lowest BCUT2D eigenvalue weighted by atomic mass is 9.93. The summed E-state index contributed by atoms with van der Waals surface area (Å²) in [5.74, 6) is 1.13. The van der Waals surface area contributed by atoms with Crippen LogP contribution in [0.5, 0.6) is 11.6 Å². The number of urea groups is 1. The number of imide groups is 1. The molecule has 1 saturated heterocycles. The summed E-state index contributed by atoms with van der Waals surface area (Å²) in [6, 6.07) is 19.7. The average Bonchev–Trinajstić information content (AvgIpc) is 3.21. The molecule has 43 heavy (non-hydrogen) atoms. The van der Waals surface area contributed by atoms with Gasteiger partial charge in [-0.05, 0) is 63.8 Å². The second-order valence-corrected chi connectivity index (χ2v) is 11.6. The van der Waals surface area contributed by atoms with Gasteiger partial charge >= 0.3 is 6.03 Å². The zero-order valence-electron chi connectivity index (χ0n) is 25.4. The minimum atomic E-state index is -1.14. The van der Waals surface area contributed by atoms with Crippen LogP contribution in [0.3, 0.4) is 0 Å². The molecular formula is C35H40N4O4. The molecule has 1 fully saturated rings. The van der Waals surface area contributed by atoms with Crippen LogP contribution in [0.15, 0.2) is 73.1 Å². The molecule has 0 radical (unpaired) electrons. The zero-order chi connectivity index (χ0) is 30.4. The van der Waals surface area contributed by atoms with Gasteiger partial charge in [-0.3, -0.25) is 14.7 Å². The number of hydrogen-bond acceptors (Lipinski definition) is 6. The first kappa shape index (κ1) is 30.0. The highest BCUT2D eigenvalue weighted by Gasteiger charge is 2.48. The van der Waals surface area contributed by atoms with Gasteiger partial charge in [-0.1, -0.05) is 55.3 Å². The summed E-state index contributed by atoms with van der Waals surface area (Å²) in [5, 5.41) is 3.89. The second kappa shape index (κ2) is 13.2. The first-order chi connectivity index (χ1) is 20.8. The maximum atomic E-state index is 13.3. The van der Waals surface area contributed by atoms with Gasteiger partial charge in [0.1, 0.15) is 11.3 Å². The molecule has 0 saturated carbocycles. The van der Waals surface area contributed by atoms with Crippen LogP contribution in [-0.2, 0) is 16.8 Å². The SMILES string of the molecule is Cc1cccc2c(OCCCCCCN3C(=O)NC(C)(c4ccc(OC(C)C)nc4)C3=O)c(Cc3ccccc3)cnc12. The normalized spacial score (nSPS) is 16.6. The molecule has 1 unspecified atom stereocenters. The largest absolute Gasteiger partial charge is 0.493 e. The fourth-order valence-electron chi connectivity index (χ4n) is 5.48. The molecule has 1 aliphatic heterocycles. The topological polar surface area (TPSA) is 93.6 Å². The van der Waals surface area contributed by atoms with Gasteiger partial charge in [0.15, 0.2) is 0 Å². The molecule has 8 nitrogen and oxygen atoms in total. The van der Waals surface area contributed by atoms with E-state index >= 15 is 0 Å². The number of amides is 3. The lowest BCUT2D eigenvalue weighted by molar-refractivity contribution is -0.131. The van der Waals surface area contributed by atoms with E-state index in [1.165, 1.54) is 10.5 Å². The van der Waals surface area contributed by atoms with Crippen LogP contribution < -0.4 is 14.8 Å². The van der Waals surface area contributed by atoms with Crippen molar-refractivity contribution in [1.29, 1.82) is 0 Å². The van der Waals surface area contributed by atoms with E-state index in [2.05, 4.69) is 41.5 Å². The molecule has 1 aliphatic rings. The highest BCUT2D eigenvalue weighted by atomic mass is 16.5. The minimum absolute atomic E-state index is 0.000652. The van der Waals surface area contributed by atoms with Crippen molar-refractivity contribution in [3.8, 4) is 11.6 Å². The fraction of sp³-hybridized carbons (Fsp3) is 0.371. The van der Waals surface area contributed by atoms with Crippen LogP contribution in [0.25, 0.3) is 10.9 Å². The van der Waals surface area contributed by atoms with E-state index < -0.39 is 5.54 Å². The molecule has 8 heteroatoms. The Hall–Kier alpha value is -4.46. The molecular weight excluding hydrogens is 540 g/mol. The number of para-hydroxylation sites is 1. The molecule has 3 heterocycles. The van der Waals surface area contributed by atoms with Gasteiger partial charge in [0, 0.05) is 47.9 Å². The Balaban J connectivity index is 1.13. The molecule has 5 rings (SSSR count). The van der Waals surface area contributed by atoms with Crippen LogP contribution in [0, 0.1) is 6.92 Å². The summed E-state index contributed by atoms with van der Waals surface area (Å²) < 4.78 is 12.0. The lowest BCUT2D eigenvalue weighted by Crippen LogP contribution is -2.41. The second-order valence-electron chi connectivity index (χ2n) is 11.6. The summed E-state index contributed by atoms with van der Waals surface area (Å²) in [4.78, 5) is 36.4. The zero-order valence-corrected chi connectivity index (χ0v) is 25.4. The van der Waals surface area contributed by atoms with Crippen molar-refractivity contribution in [3.05, 3.63) is 95.3 Å². The van der Waals surface area contributed by atoms with Gasteiger partial charge < -0.3 is 14.8 Å². The summed E-state index contributed by atoms with van der Waals surface area (Å²) in [7, 11) is 0. The highest BCUT2D eigenvalue weighted by Crippen LogP contribution is 2.32. The molecule has 2 aromatic carbocycles. The number of carbonyl (C=O) groups excluding carboxylic acids is 2. The van der Waals surface area contributed by atoms with Crippen molar-refractivity contribution >= 4 is 22.8 Å². The van der Waals surface area contributed by atoms with Gasteiger partial charge in [0.05, 0.1) is 18.2 Å². The van der Waals surface area contributed by atoms with Crippen LogP contribution in [0.2, 0.25) is 0 Å². The van der Waals surface area contributed by atoms with Crippen molar-refractivity contribution in [2.24, 2.45) is 0 Å². The van der Waals surface area contributed by atoms with Crippen molar-refractivity contribution < 1.29 is 19.1 Å². The Morgan fingerprint density at radius 1 is 0.907 bits per heavy atom. The van der Waals surface area contributed by atoms with E-state index in [1.807, 2.05) is 44.3 Å². The number of aryl methyl sites for hydroxylation is 1. The Morgan fingerprint density at radius 2 is 1.70 bits per heavy atom. The van der Waals surface area contributed by atoms with E-state index in [-0.39, 0.29) is 18.0 Å². The predicted octanol–water partition coefficient (Wildman–Crippen LogP) is 6.72. The number of aromatic nitrogens is 2. The number of nitrogens with zero attached hydrogens (tertiary/aromatic N) is 3. The molecule has 2 aromatic heterocycles. The summed E-state index contributed by atoms with van der Waals surface area (Å²) in [6.07, 6.45) is 7.70. The number of unbranched alkanes of at least 4 members (excludes halogenated alkanes) is 3. The maximum absolute atomic E-state index is 13.3. The Bertz CT molecular complexity index is 1570. The van der Waals surface area contributed by atoms with Crippen LogP contribution in [0.1, 0.15) is 68.7 Å². The summed E-state index contributed by atoms with van der Waals surface area (Å²) in [6.45, 7) is 8.60. The van der Waals surface area contributed by atoms with Crippen molar-refractivity contribution in [2.75, 3.05) is 13.2 Å². The Labute approximate surface area is 253 Å². The van der Waals surface area contributed by atoms with Crippen molar-refractivity contribution in [2.45, 2.75) is 71.4 Å². The standard InChI is InChI=1S/C35H40N4O4/c1-24(2)43-30-18-17-28(23-36-30)35(4)33(40)39(34(41)38-35)19-10-5-6-11-20-42-32-27(21-26-14-8-7-9-15-26)22-37-31-25(3)13-12-16-29(31)32/h7-9,12-18,22-24H,5-6,10-11,19-21H2,1-4H3,(H,38,41). The van der Waals surface area contributed by atoms with Crippen LogP contribution in [-0.4, -0.2) is 46.1 Å². The van der Waals surface area contributed by atoms with E-state index in [9.17, 15) is 9.59 Å². The summed E-state index contributed by atoms with van der Waals surface area (Å²) >= 11 is 0. The number of hydrogen-bond donors (Lipinski definition) is 1. The van der Waals surface area contributed by atoms with Crippen LogP contribution >= 0.6 is 0 Å². The lowest BCUT2D eigenvalue weighted by Gasteiger charge is -2.22. The maximum Gasteiger partial charge on any atom is 0.325 e. The Morgan fingerprint density at radius 3 is 2.44 bits per heavy atom. The number of fused-ring (bicyclic) bond motifs is 1. The number of benzene rings is 2. The minimum Gasteiger partial charge on any atom is -0.493 e. The van der Waals surface area contributed by atoms with E-state index in [0.717, 1.165) is 59.9 Å². The van der Waals surface area contributed by atoms with E-state index in [1.54, 1.807) is 25.3 Å². The smallest absolute Gasteiger partial charge is 0.325 e. The molecule has 3 amide bonds. The van der Waals surface area contributed by atoms with Gasteiger partial charge in [0.25, 0.3) is 5.91 Å². The van der Waals surface area contributed by atoms with Gasteiger partial charge in [-0.2, -0.15) is 0 Å². The number of nitrogens with one attached hydrogen (secondary N) is 1. The van der Waals surface area contributed by atoms with Gasteiger partial charge in [-0.25, -0.2) is 9.78 Å². The number of carbonyl (C=O) groups is 2. The molecule has 4 aromatic rings. The first-order valence-corrected chi connectivity index (χ1v) is 15.1. The van der Waals surface area contributed by atoms with Gasteiger partial charge in [0.2, 0.25) is 5.88 Å². The van der Waals surface area contributed by atoms with Crippen LogP contribution in [0.4, 0.5) is 4.79 Å². The fourth-order valence-corrected chi connectivity index (χ4v) is 5.48. The number of ether oxygens (including phenoxy) is 2.